The molecule has 8 nitrogen and oxygen atoms in total. The minimum Gasteiger partial charge on any atom is -0.504 e. The van der Waals surface area contributed by atoms with Crippen LogP contribution in [-0.4, -0.2) is 47.3 Å². The van der Waals surface area contributed by atoms with Gasteiger partial charge in [-0.25, -0.2) is 0 Å². The van der Waals surface area contributed by atoms with Gasteiger partial charge in [-0.1, -0.05) is 6.08 Å². The van der Waals surface area contributed by atoms with Gasteiger partial charge in [0.2, 0.25) is 5.91 Å². The molecule has 0 spiro atoms. The topological polar surface area (TPSA) is 105 Å². The van der Waals surface area contributed by atoms with Gasteiger partial charge in [0.15, 0.2) is 11.5 Å². The van der Waals surface area contributed by atoms with Gasteiger partial charge in [-0.2, -0.15) is 0 Å². The highest BCUT2D eigenvalue weighted by Gasteiger charge is 2.36. The van der Waals surface area contributed by atoms with E-state index in [0.717, 1.165) is 16.7 Å². The number of amides is 3. The number of nitrogens with one attached hydrogen (secondary N) is 1. The van der Waals surface area contributed by atoms with Crippen LogP contribution in [0.25, 0.3) is 6.08 Å². The number of methoxy groups -OCH3 is 1. The molecule has 1 aliphatic rings. The normalized spacial score (nSPS) is 14.5. The van der Waals surface area contributed by atoms with E-state index in [1.807, 2.05) is 6.92 Å². The van der Waals surface area contributed by atoms with Crippen LogP contribution in [0.2, 0.25) is 0 Å². The lowest BCUT2D eigenvalue weighted by molar-refractivity contribution is -0.127. The number of aromatic hydroxyl groups is 1. The Morgan fingerprint density at radius 2 is 1.97 bits per heavy atom. The number of hydrogen-bond donors (Lipinski definition) is 2. The van der Waals surface area contributed by atoms with E-state index in [9.17, 15) is 19.5 Å². The lowest BCUT2D eigenvalue weighted by atomic mass is 10.1. The first-order valence-corrected chi connectivity index (χ1v) is 11.0. The Morgan fingerprint density at radius 1 is 1.24 bits per heavy atom. The largest absolute Gasteiger partial charge is 0.504 e. The number of carbonyl (C=O) groups is 3. The lowest BCUT2D eigenvalue weighted by Crippen LogP contribution is -2.36. The Bertz CT molecular complexity index is 1110. The summed E-state index contributed by atoms with van der Waals surface area (Å²) in [6.45, 7) is 5.67. The molecule has 0 atom stereocenters. The first-order valence-electron chi connectivity index (χ1n) is 10.1. The number of ether oxygens (including phenoxy) is 2. The Balaban J connectivity index is 1.72. The highest BCUT2D eigenvalue weighted by Crippen LogP contribution is 2.36. The van der Waals surface area contributed by atoms with Crippen molar-refractivity contribution >= 4 is 40.6 Å². The fourth-order valence-electron chi connectivity index (χ4n) is 3.17. The van der Waals surface area contributed by atoms with Crippen LogP contribution in [0.1, 0.15) is 18.1 Å². The maximum Gasteiger partial charge on any atom is 0.294 e. The van der Waals surface area contributed by atoms with E-state index in [0.29, 0.717) is 35.6 Å². The maximum atomic E-state index is 12.8. The molecule has 2 N–H and O–H groups in total. The van der Waals surface area contributed by atoms with Crippen LogP contribution < -0.4 is 14.8 Å². The molecule has 1 heterocycles. The number of phenols is 1. The number of anilines is 1. The van der Waals surface area contributed by atoms with Crippen LogP contribution in [0.5, 0.6) is 17.2 Å². The lowest BCUT2D eigenvalue weighted by Gasteiger charge is -2.13. The molecule has 0 bridgehead atoms. The van der Waals surface area contributed by atoms with E-state index in [4.69, 9.17) is 9.47 Å². The number of imide groups is 1. The first kappa shape index (κ1) is 23.9. The second-order valence-corrected chi connectivity index (χ2v) is 7.99. The van der Waals surface area contributed by atoms with E-state index < -0.39 is 23.6 Å². The molecule has 1 aliphatic heterocycles. The van der Waals surface area contributed by atoms with E-state index >= 15 is 0 Å². The second kappa shape index (κ2) is 10.7. The summed E-state index contributed by atoms with van der Waals surface area (Å²) in [4.78, 5) is 38.6. The Kier molecular flexibility index (Phi) is 7.78. The zero-order valence-electron chi connectivity index (χ0n) is 18.3. The van der Waals surface area contributed by atoms with Crippen molar-refractivity contribution in [3.8, 4) is 17.2 Å². The fourth-order valence-corrected chi connectivity index (χ4v) is 4.01. The van der Waals surface area contributed by atoms with Crippen LogP contribution in [0.15, 0.2) is 54.0 Å². The molecule has 2 aromatic carbocycles. The van der Waals surface area contributed by atoms with Crippen LogP contribution in [0, 0.1) is 0 Å². The Hall–Kier alpha value is -3.72. The predicted molar refractivity (Wildman–Crippen MR) is 127 cm³/mol. The van der Waals surface area contributed by atoms with E-state index in [1.165, 1.54) is 13.2 Å². The summed E-state index contributed by atoms with van der Waals surface area (Å²) >= 11 is 0.748. The number of phenolic OH excluding ortho intramolecular Hbond substituents is 1. The molecule has 0 aromatic heterocycles. The summed E-state index contributed by atoms with van der Waals surface area (Å²) in [7, 11) is 1.42. The number of thioether (sulfide) groups is 1. The molecule has 0 unspecified atom stereocenters. The van der Waals surface area contributed by atoms with Gasteiger partial charge >= 0.3 is 0 Å². The zero-order chi connectivity index (χ0) is 24.0. The Labute approximate surface area is 195 Å². The summed E-state index contributed by atoms with van der Waals surface area (Å²) < 4.78 is 10.6. The summed E-state index contributed by atoms with van der Waals surface area (Å²) in [5, 5.41) is 12.4. The molecule has 1 saturated heterocycles. The minimum absolute atomic E-state index is 0.00591. The van der Waals surface area contributed by atoms with Gasteiger partial charge in [0.05, 0.1) is 18.6 Å². The summed E-state index contributed by atoms with van der Waals surface area (Å²) in [5.74, 6) is -0.150. The van der Waals surface area contributed by atoms with E-state index in [2.05, 4.69) is 11.9 Å². The van der Waals surface area contributed by atoms with E-state index in [1.54, 1.807) is 42.5 Å². The maximum absolute atomic E-state index is 12.8. The van der Waals surface area contributed by atoms with Crippen molar-refractivity contribution in [2.24, 2.45) is 0 Å². The van der Waals surface area contributed by atoms with Crippen molar-refractivity contribution in [3.63, 3.8) is 0 Å². The number of nitrogens with zero attached hydrogens (tertiary/aromatic N) is 1. The number of rotatable bonds is 9. The number of carbonyl (C=O) groups excluding carboxylic acids is 3. The SMILES string of the molecule is C=CCc1cc(/C=C2/SC(=O)N(CC(=O)Nc3ccc(OCC)cc3)C2=O)cc(OC)c1O. The average Bonchev–Trinajstić information content (AvgIpc) is 3.04. The van der Waals surface area contributed by atoms with E-state index in [-0.39, 0.29) is 16.4 Å². The number of allylic oxidation sites excluding steroid dienone is 1. The standard InChI is InChI=1S/C24H24N2O6S/c1-4-6-16-11-15(12-19(31-3)22(16)28)13-20-23(29)26(24(30)33-20)14-21(27)25-17-7-9-18(10-8-17)32-5-2/h4,7-13,28H,1,5-6,14H2,2-3H3,(H,25,27)/b20-13+. The molecule has 3 rings (SSSR count). The quantitative estimate of drug-likeness (QED) is 0.420. The smallest absolute Gasteiger partial charge is 0.294 e. The predicted octanol–water partition coefficient (Wildman–Crippen LogP) is 4.20. The Morgan fingerprint density at radius 3 is 2.61 bits per heavy atom. The summed E-state index contributed by atoms with van der Waals surface area (Å²) in [5.41, 5.74) is 1.67. The minimum atomic E-state index is -0.566. The van der Waals surface area contributed by atoms with Crippen molar-refractivity contribution in [3.05, 3.63) is 65.1 Å². The third kappa shape index (κ3) is 5.75. The molecule has 2 aromatic rings. The molecule has 0 saturated carbocycles. The fraction of sp³-hybridized carbons (Fsp3) is 0.208. The van der Waals surface area contributed by atoms with Crippen LogP contribution in [-0.2, 0) is 16.0 Å². The molecule has 172 valence electrons. The van der Waals surface area contributed by atoms with Gasteiger partial charge in [-0.3, -0.25) is 19.3 Å². The highest BCUT2D eigenvalue weighted by atomic mass is 32.2. The van der Waals surface area contributed by atoms with Crippen molar-refractivity contribution in [2.45, 2.75) is 13.3 Å². The molecule has 3 amide bonds. The van der Waals surface area contributed by atoms with Crippen LogP contribution in [0.3, 0.4) is 0 Å². The third-order valence-corrected chi connectivity index (χ3v) is 5.59. The summed E-state index contributed by atoms with van der Waals surface area (Å²) in [6.07, 6.45) is 3.57. The van der Waals surface area contributed by atoms with Crippen molar-refractivity contribution in [2.75, 3.05) is 25.6 Å². The molecular weight excluding hydrogens is 444 g/mol. The van der Waals surface area contributed by atoms with Gasteiger partial charge in [0.1, 0.15) is 12.3 Å². The van der Waals surface area contributed by atoms with Crippen molar-refractivity contribution < 1.29 is 29.0 Å². The monoisotopic (exact) mass is 468 g/mol. The van der Waals surface area contributed by atoms with Gasteiger partial charge < -0.3 is 19.9 Å². The molecule has 0 aliphatic carbocycles. The molecule has 33 heavy (non-hydrogen) atoms. The van der Waals surface area contributed by atoms with Crippen molar-refractivity contribution in [1.29, 1.82) is 0 Å². The highest BCUT2D eigenvalue weighted by molar-refractivity contribution is 8.18. The third-order valence-electron chi connectivity index (χ3n) is 4.68. The molecule has 0 radical (unpaired) electrons. The van der Waals surface area contributed by atoms with Gasteiger partial charge in [0, 0.05) is 11.3 Å². The molecule has 1 fully saturated rings. The van der Waals surface area contributed by atoms with Gasteiger partial charge in [0.25, 0.3) is 11.1 Å². The van der Waals surface area contributed by atoms with Crippen LogP contribution in [0.4, 0.5) is 10.5 Å². The molecular formula is C24H24N2O6S. The number of benzene rings is 2. The second-order valence-electron chi connectivity index (χ2n) is 7.00. The zero-order valence-corrected chi connectivity index (χ0v) is 19.1. The first-order chi connectivity index (χ1) is 15.9. The van der Waals surface area contributed by atoms with Gasteiger partial charge in [-0.15, -0.1) is 6.58 Å². The van der Waals surface area contributed by atoms with Crippen molar-refractivity contribution in [1.82, 2.24) is 4.90 Å². The number of hydrogen-bond acceptors (Lipinski definition) is 7. The van der Waals surface area contributed by atoms with Crippen LogP contribution >= 0.6 is 11.8 Å². The summed E-state index contributed by atoms with van der Waals surface area (Å²) in [6, 6.07) is 10.0. The molecule has 9 heteroatoms. The van der Waals surface area contributed by atoms with Gasteiger partial charge in [-0.05, 0) is 73.1 Å². The average molecular weight is 469 g/mol.